The number of nitrogens with zero attached hydrogens (tertiary/aromatic N) is 1. The van der Waals surface area contributed by atoms with Crippen molar-refractivity contribution in [1.29, 1.82) is 0 Å². The molecule has 0 aliphatic carbocycles. The highest BCUT2D eigenvalue weighted by molar-refractivity contribution is 5.28. The summed E-state index contributed by atoms with van der Waals surface area (Å²) in [5, 5.41) is 10.7. The molecule has 0 amide bonds. The lowest BCUT2D eigenvalue weighted by Gasteiger charge is -2.31. The van der Waals surface area contributed by atoms with Gasteiger partial charge in [0.25, 0.3) is 0 Å². The predicted octanol–water partition coefficient (Wildman–Crippen LogP) is 3.22. The summed E-state index contributed by atoms with van der Waals surface area (Å²) in [6.45, 7) is 6.29. The van der Waals surface area contributed by atoms with Crippen LogP contribution in [-0.2, 0) is 5.60 Å². The van der Waals surface area contributed by atoms with E-state index in [1.54, 1.807) is 19.1 Å². The monoisotopic (exact) mass is 265 g/mol. The molecular formula is C16H24FNO. The number of halogens is 1. The molecule has 1 unspecified atom stereocenters. The first-order valence-corrected chi connectivity index (χ1v) is 7.20. The third-order valence-electron chi connectivity index (χ3n) is 4.01. The Morgan fingerprint density at radius 2 is 1.84 bits per heavy atom. The summed E-state index contributed by atoms with van der Waals surface area (Å²) in [5.41, 5.74) is 0.479. The largest absolute Gasteiger partial charge is 0.384 e. The smallest absolute Gasteiger partial charge is 0.126 e. The van der Waals surface area contributed by atoms with Gasteiger partial charge in [-0.15, -0.1) is 0 Å². The molecule has 0 bridgehead atoms. The fourth-order valence-corrected chi connectivity index (χ4v) is 2.80. The highest BCUT2D eigenvalue weighted by Gasteiger charge is 2.27. The van der Waals surface area contributed by atoms with Gasteiger partial charge in [0.05, 0.1) is 5.60 Å². The number of hydrogen-bond donors (Lipinski definition) is 1. The van der Waals surface area contributed by atoms with E-state index in [4.69, 9.17) is 0 Å². The van der Waals surface area contributed by atoms with Crippen LogP contribution in [0.3, 0.4) is 0 Å². The van der Waals surface area contributed by atoms with E-state index >= 15 is 0 Å². The molecule has 3 heteroatoms. The first kappa shape index (κ1) is 14.5. The van der Waals surface area contributed by atoms with E-state index in [1.165, 1.54) is 31.7 Å². The maximum absolute atomic E-state index is 13.3. The Morgan fingerprint density at radius 1 is 1.21 bits per heavy atom. The molecule has 1 N–H and O–H groups in total. The fourth-order valence-electron chi connectivity index (χ4n) is 2.80. The summed E-state index contributed by atoms with van der Waals surface area (Å²) in [6.07, 6.45) is 4.99. The molecule has 1 aromatic rings. The lowest BCUT2D eigenvalue weighted by molar-refractivity contribution is 0.0167. The van der Waals surface area contributed by atoms with Crippen LogP contribution in [0.2, 0.25) is 0 Å². The Labute approximate surface area is 115 Å². The van der Waals surface area contributed by atoms with E-state index in [0.717, 1.165) is 18.7 Å². The fraction of sp³-hybridized carbons (Fsp3) is 0.625. The van der Waals surface area contributed by atoms with Crippen LogP contribution in [0.25, 0.3) is 0 Å². The van der Waals surface area contributed by atoms with Crippen LogP contribution in [0.1, 0.15) is 43.7 Å². The van der Waals surface area contributed by atoms with Gasteiger partial charge in [0, 0.05) is 6.54 Å². The Kier molecular flexibility index (Phi) is 4.58. The van der Waals surface area contributed by atoms with Gasteiger partial charge >= 0.3 is 0 Å². The van der Waals surface area contributed by atoms with Crippen LogP contribution >= 0.6 is 0 Å². The highest BCUT2D eigenvalue weighted by Crippen LogP contribution is 2.25. The molecular weight excluding hydrogens is 241 g/mol. The molecule has 1 atom stereocenters. The zero-order valence-electron chi connectivity index (χ0n) is 12.0. The van der Waals surface area contributed by atoms with Gasteiger partial charge < -0.3 is 10.0 Å². The zero-order valence-corrected chi connectivity index (χ0v) is 12.0. The van der Waals surface area contributed by atoms with Crippen molar-refractivity contribution < 1.29 is 9.50 Å². The Bertz CT molecular complexity index is 423. The Morgan fingerprint density at radius 3 is 2.42 bits per heavy atom. The molecule has 1 heterocycles. The quantitative estimate of drug-likeness (QED) is 0.907. The number of benzene rings is 1. The van der Waals surface area contributed by atoms with E-state index in [1.807, 2.05) is 6.92 Å². The maximum Gasteiger partial charge on any atom is 0.126 e. The van der Waals surface area contributed by atoms with Crippen LogP contribution in [0.5, 0.6) is 0 Å². The van der Waals surface area contributed by atoms with Crippen LogP contribution in [-0.4, -0.2) is 29.6 Å². The molecule has 1 aromatic carbocycles. The van der Waals surface area contributed by atoms with Crippen LogP contribution in [0.15, 0.2) is 18.2 Å². The molecule has 1 saturated heterocycles. The van der Waals surface area contributed by atoms with E-state index in [-0.39, 0.29) is 5.82 Å². The predicted molar refractivity (Wildman–Crippen MR) is 75.6 cm³/mol. The van der Waals surface area contributed by atoms with Crippen LogP contribution in [0.4, 0.5) is 4.39 Å². The number of aliphatic hydroxyl groups is 1. The molecule has 1 aliphatic heterocycles. The maximum atomic E-state index is 13.3. The molecule has 19 heavy (non-hydrogen) atoms. The number of β-amino-alcohol motifs (C(OH)–C–C–N with tert-alkyl or cyclic N) is 1. The van der Waals surface area contributed by atoms with Crippen molar-refractivity contribution in [2.75, 3.05) is 19.6 Å². The topological polar surface area (TPSA) is 23.5 Å². The van der Waals surface area contributed by atoms with E-state index in [2.05, 4.69) is 4.90 Å². The first-order valence-electron chi connectivity index (χ1n) is 7.20. The van der Waals surface area contributed by atoms with Crippen molar-refractivity contribution in [3.05, 3.63) is 35.1 Å². The van der Waals surface area contributed by atoms with Crippen molar-refractivity contribution in [3.8, 4) is 0 Å². The third-order valence-corrected chi connectivity index (χ3v) is 4.01. The standard InChI is InChI=1S/C16H24FNO/c1-13-11-14(7-8-15(13)17)16(2,19)12-18-9-5-3-4-6-10-18/h7-8,11,19H,3-6,9-10,12H2,1-2H3. The SMILES string of the molecule is Cc1cc(C(C)(O)CN2CCCCCC2)ccc1F. The van der Waals surface area contributed by atoms with Crippen molar-refractivity contribution >= 4 is 0 Å². The van der Waals surface area contributed by atoms with E-state index in [0.29, 0.717) is 12.1 Å². The Balaban J connectivity index is 2.09. The second kappa shape index (κ2) is 6.02. The molecule has 1 fully saturated rings. The number of hydrogen-bond acceptors (Lipinski definition) is 2. The number of aryl methyl sites for hydroxylation is 1. The van der Waals surface area contributed by atoms with Gasteiger partial charge in [-0.05, 0) is 57.0 Å². The van der Waals surface area contributed by atoms with E-state index < -0.39 is 5.60 Å². The van der Waals surface area contributed by atoms with Crippen molar-refractivity contribution in [1.82, 2.24) is 4.90 Å². The molecule has 0 aromatic heterocycles. The summed E-state index contributed by atoms with van der Waals surface area (Å²) >= 11 is 0. The van der Waals surface area contributed by atoms with Gasteiger partial charge in [0.1, 0.15) is 5.82 Å². The van der Waals surface area contributed by atoms with Gasteiger partial charge in [0.2, 0.25) is 0 Å². The minimum Gasteiger partial charge on any atom is -0.384 e. The molecule has 0 saturated carbocycles. The minimum absolute atomic E-state index is 0.214. The summed E-state index contributed by atoms with van der Waals surface area (Å²) in [6, 6.07) is 4.90. The molecule has 0 spiro atoms. The molecule has 1 aliphatic rings. The average molecular weight is 265 g/mol. The van der Waals surface area contributed by atoms with Crippen molar-refractivity contribution in [2.45, 2.75) is 45.1 Å². The normalized spacial score (nSPS) is 20.8. The van der Waals surface area contributed by atoms with Crippen molar-refractivity contribution in [3.63, 3.8) is 0 Å². The van der Waals surface area contributed by atoms with Crippen molar-refractivity contribution in [2.24, 2.45) is 0 Å². The molecule has 2 nitrogen and oxygen atoms in total. The average Bonchev–Trinajstić information content (AvgIpc) is 2.60. The highest BCUT2D eigenvalue weighted by atomic mass is 19.1. The third kappa shape index (κ3) is 3.77. The van der Waals surface area contributed by atoms with Gasteiger partial charge in [-0.2, -0.15) is 0 Å². The van der Waals surface area contributed by atoms with Gasteiger partial charge in [-0.3, -0.25) is 0 Å². The lowest BCUT2D eigenvalue weighted by atomic mass is 9.93. The molecule has 0 radical (unpaired) electrons. The number of rotatable bonds is 3. The second-order valence-electron chi connectivity index (χ2n) is 5.93. The van der Waals surface area contributed by atoms with Gasteiger partial charge in [0.15, 0.2) is 0 Å². The summed E-state index contributed by atoms with van der Waals surface area (Å²) in [4.78, 5) is 2.33. The second-order valence-corrected chi connectivity index (χ2v) is 5.93. The number of likely N-dealkylation sites (tertiary alicyclic amines) is 1. The zero-order chi connectivity index (χ0) is 13.9. The molecule has 2 rings (SSSR count). The Hall–Kier alpha value is -0.930. The summed E-state index contributed by atoms with van der Waals surface area (Å²) in [5.74, 6) is -0.214. The minimum atomic E-state index is -0.914. The first-order chi connectivity index (χ1) is 8.99. The lowest BCUT2D eigenvalue weighted by Crippen LogP contribution is -2.39. The molecule has 106 valence electrons. The van der Waals surface area contributed by atoms with Crippen LogP contribution in [0, 0.1) is 12.7 Å². The van der Waals surface area contributed by atoms with E-state index in [9.17, 15) is 9.50 Å². The van der Waals surface area contributed by atoms with Gasteiger partial charge in [-0.25, -0.2) is 4.39 Å². The van der Waals surface area contributed by atoms with Crippen LogP contribution < -0.4 is 0 Å². The van der Waals surface area contributed by atoms with Gasteiger partial charge in [-0.1, -0.05) is 25.0 Å². The summed E-state index contributed by atoms with van der Waals surface area (Å²) in [7, 11) is 0. The summed E-state index contributed by atoms with van der Waals surface area (Å²) < 4.78 is 13.3.